The van der Waals surface area contributed by atoms with Crippen molar-refractivity contribution in [2.24, 2.45) is 4.40 Å². The molecule has 1 aromatic rings. The minimum Gasteiger partial charge on any atom is -0.362 e. The lowest BCUT2D eigenvalue weighted by Gasteiger charge is -2.10. The monoisotopic (exact) mass is 238 g/mol. The lowest BCUT2D eigenvalue weighted by Crippen LogP contribution is -2.20. The van der Waals surface area contributed by atoms with Gasteiger partial charge in [-0.05, 0) is 18.6 Å². The Morgan fingerprint density at radius 1 is 1.25 bits per heavy atom. The number of sulfonamides is 1. The van der Waals surface area contributed by atoms with Crippen LogP contribution < -0.4 is 0 Å². The third-order valence-corrected chi connectivity index (χ3v) is 3.92. The first-order valence-electron chi connectivity index (χ1n) is 5.19. The van der Waals surface area contributed by atoms with E-state index in [9.17, 15) is 8.42 Å². The molecule has 0 N–H and O–H groups in total. The molecule has 0 bridgehead atoms. The van der Waals surface area contributed by atoms with E-state index in [4.69, 9.17) is 0 Å². The van der Waals surface area contributed by atoms with Gasteiger partial charge in [-0.3, -0.25) is 0 Å². The molecule has 0 amide bonds. The molecule has 1 aromatic carbocycles. The van der Waals surface area contributed by atoms with Crippen LogP contribution in [0, 0.1) is 0 Å². The van der Waals surface area contributed by atoms with Crippen LogP contribution in [0.4, 0.5) is 0 Å². The third-order valence-electron chi connectivity index (χ3n) is 2.60. The Morgan fingerprint density at radius 2 is 1.94 bits per heavy atom. The predicted octanol–water partition coefficient (Wildman–Crippen LogP) is 1.50. The zero-order chi connectivity index (χ0) is 11.6. The molecule has 0 aliphatic carbocycles. The summed E-state index contributed by atoms with van der Waals surface area (Å²) in [7, 11) is -1.66. The van der Waals surface area contributed by atoms with Gasteiger partial charge in [0.15, 0.2) is 0 Å². The van der Waals surface area contributed by atoms with E-state index in [1.165, 1.54) is 0 Å². The van der Waals surface area contributed by atoms with Gasteiger partial charge in [-0.2, -0.15) is 8.42 Å². The summed E-state index contributed by atoms with van der Waals surface area (Å²) in [6.07, 6.45) is 1.71. The second kappa shape index (κ2) is 4.25. The number of nitrogens with zero attached hydrogens (tertiary/aromatic N) is 2. The first-order chi connectivity index (χ1) is 7.59. The molecule has 4 nitrogen and oxygen atoms in total. The molecule has 1 saturated heterocycles. The Labute approximate surface area is 95.7 Å². The van der Waals surface area contributed by atoms with Crippen LogP contribution in [0.5, 0.6) is 0 Å². The highest BCUT2D eigenvalue weighted by atomic mass is 32.2. The van der Waals surface area contributed by atoms with E-state index in [-0.39, 0.29) is 4.90 Å². The minimum absolute atomic E-state index is 0.253. The van der Waals surface area contributed by atoms with Gasteiger partial charge < -0.3 is 4.90 Å². The van der Waals surface area contributed by atoms with Crippen LogP contribution in [0.1, 0.15) is 12.8 Å². The minimum atomic E-state index is -3.53. The van der Waals surface area contributed by atoms with Gasteiger partial charge in [0, 0.05) is 20.0 Å². The van der Waals surface area contributed by atoms with Crippen LogP contribution in [-0.2, 0) is 10.0 Å². The molecule has 0 radical (unpaired) electrons. The molecule has 2 rings (SSSR count). The Bertz CT molecular complexity index is 494. The highest BCUT2D eigenvalue weighted by Crippen LogP contribution is 2.16. The molecule has 16 heavy (non-hydrogen) atoms. The molecule has 86 valence electrons. The smallest absolute Gasteiger partial charge is 0.283 e. The summed E-state index contributed by atoms with van der Waals surface area (Å²) in [6, 6.07) is 8.31. The predicted molar refractivity (Wildman–Crippen MR) is 62.9 cm³/mol. The second-order valence-corrected chi connectivity index (χ2v) is 5.42. The fourth-order valence-electron chi connectivity index (χ4n) is 1.69. The van der Waals surface area contributed by atoms with Gasteiger partial charge in [0.2, 0.25) is 0 Å². The third kappa shape index (κ3) is 2.24. The van der Waals surface area contributed by atoms with Gasteiger partial charge in [-0.25, -0.2) is 0 Å². The SMILES string of the molecule is CN1CCC/C1=N/S(=O)(=O)c1ccccc1. The molecule has 0 aromatic heterocycles. The largest absolute Gasteiger partial charge is 0.362 e. The summed E-state index contributed by atoms with van der Waals surface area (Å²) in [5.41, 5.74) is 0. The Balaban J connectivity index is 2.34. The molecule has 1 fully saturated rings. The maximum atomic E-state index is 11.9. The number of hydrogen-bond donors (Lipinski definition) is 0. The lowest BCUT2D eigenvalue weighted by molar-refractivity contribution is 0.548. The maximum absolute atomic E-state index is 11.9. The van der Waals surface area contributed by atoms with Crippen LogP contribution in [0.3, 0.4) is 0 Å². The fourth-order valence-corrected chi connectivity index (χ4v) is 2.81. The van der Waals surface area contributed by atoms with Crippen molar-refractivity contribution in [1.29, 1.82) is 0 Å². The van der Waals surface area contributed by atoms with E-state index >= 15 is 0 Å². The normalized spacial score (nSPS) is 19.3. The zero-order valence-electron chi connectivity index (χ0n) is 9.13. The summed E-state index contributed by atoms with van der Waals surface area (Å²) in [5, 5.41) is 0. The molecule has 5 heteroatoms. The van der Waals surface area contributed by atoms with Gasteiger partial charge in [-0.1, -0.05) is 18.2 Å². The average Bonchev–Trinajstić information content (AvgIpc) is 2.65. The first-order valence-corrected chi connectivity index (χ1v) is 6.63. The van der Waals surface area contributed by atoms with E-state index < -0.39 is 10.0 Å². The highest BCUT2D eigenvalue weighted by molar-refractivity contribution is 7.90. The summed E-state index contributed by atoms with van der Waals surface area (Å²) in [4.78, 5) is 2.14. The van der Waals surface area contributed by atoms with E-state index in [2.05, 4.69) is 4.40 Å². The van der Waals surface area contributed by atoms with Crippen molar-refractivity contribution in [2.75, 3.05) is 13.6 Å². The van der Waals surface area contributed by atoms with E-state index in [1.54, 1.807) is 30.3 Å². The zero-order valence-corrected chi connectivity index (χ0v) is 9.94. The van der Waals surface area contributed by atoms with Crippen LogP contribution >= 0.6 is 0 Å². The molecule has 1 aliphatic rings. The van der Waals surface area contributed by atoms with E-state index in [0.29, 0.717) is 5.84 Å². The van der Waals surface area contributed by atoms with Gasteiger partial charge in [0.25, 0.3) is 10.0 Å². The van der Waals surface area contributed by atoms with E-state index in [1.807, 2.05) is 11.9 Å². The Hall–Kier alpha value is -1.36. The van der Waals surface area contributed by atoms with Crippen molar-refractivity contribution in [3.05, 3.63) is 30.3 Å². The molecular weight excluding hydrogens is 224 g/mol. The number of hydrogen-bond acceptors (Lipinski definition) is 2. The molecular formula is C11H14N2O2S. The van der Waals surface area contributed by atoms with Crippen molar-refractivity contribution in [3.63, 3.8) is 0 Å². The van der Waals surface area contributed by atoms with Gasteiger partial charge in [0.1, 0.15) is 5.84 Å². The van der Waals surface area contributed by atoms with Gasteiger partial charge in [0.05, 0.1) is 4.90 Å². The Morgan fingerprint density at radius 3 is 2.50 bits per heavy atom. The second-order valence-electron chi connectivity index (χ2n) is 3.82. The number of likely N-dealkylation sites (tertiary alicyclic amines) is 1. The number of rotatable bonds is 2. The standard InChI is InChI=1S/C11H14N2O2S/c1-13-9-5-8-11(13)12-16(14,15)10-6-3-2-4-7-10/h2-4,6-7H,5,8-9H2,1H3/b12-11-. The van der Waals surface area contributed by atoms with Gasteiger partial charge >= 0.3 is 0 Å². The van der Waals surface area contributed by atoms with Crippen molar-refractivity contribution in [1.82, 2.24) is 4.90 Å². The molecule has 0 spiro atoms. The Kier molecular flexibility index (Phi) is 2.96. The molecule has 1 heterocycles. The number of amidine groups is 1. The molecule has 0 saturated carbocycles. The topological polar surface area (TPSA) is 49.7 Å². The molecule has 1 aliphatic heterocycles. The molecule has 0 unspecified atom stereocenters. The van der Waals surface area contributed by atoms with Crippen LogP contribution in [0.15, 0.2) is 39.6 Å². The lowest BCUT2D eigenvalue weighted by atomic mass is 10.4. The van der Waals surface area contributed by atoms with Crippen molar-refractivity contribution >= 4 is 15.9 Å². The summed E-state index contributed by atoms with van der Waals surface area (Å²) < 4.78 is 27.7. The molecule has 0 atom stereocenters. The van der Waals surface area contributed by atoms with Crippen LogP contribution in [0.2, 0.25) is 0 Å². The quantitative estimate of drug-likeness (QED) is 0.784. The summed E-state index contributed by atoms with van der Waals surface area (Å²) >= 11 is 0. The van der Waals surface area contributed by atoms with Gasteiger partial charge in [-0.15, -0.1) is 4.40 Å². The first kappa shape index (κ1) is 11.1. The maximum Gasteiger partial charge on any atom is 0.283 e. The van der Waals surface area contributed by atoms with Crippen molar-refractivity contribution in [3.8, 4) is 0 Å². The average molecular weight is 238 g/mol. The number of benzene rings is 1. The van der Waals surface area contributed by atoms with Crippen molar-refractivity contribution in [2.45, 2.75) is 17.7 Å². The van der Waals surface area contributed by atoms with E-state index in [0.717, 1.165) is 19.4 Å². The summed E-state index contributed by atoms with van der Waals surface area (Å²) in [5.74, 6) is 0.656. The highest BCUT2D eigenvalue weighted by Gasteiger charge is 2.19. The van der Waals surface area contributed by atoms with Crippen molar-refractivity contribution < 1.29 is 8.42 Å². The fraction of sp³-hybridized carbons (Fsp3) is 0.364. The van der Waals surface area contributed by atoms with Crippen LogP contribution in [0.25, 0.3) is 0 Å². The van der Waals surface area contributed by atoms with Crippen LogP contribution in [-0.4, -0.2) is 32.7 Å². The summed E-state index contributed by atoms with van der Waals surface area (Å²) in [6.45, 7) is 0.878.